The van der Waals surface area contributed by atoms with Gasteiger partial charge < -0.3 is 4.42 Å². The first-order valence-electron chi connectivity index (χ1n) is 10.1. The van der Waals surface area contributed by atoms with Crippen LogP contribution in [0.5, 0.6) is 0 Å². The van der Waals surface area contributed by atoms with E-state index in [2.05, 4.69) is 0 Å². The standard InChI is InChI=1S/C27H16Cl3NO2/c28-21-12-10-18(15-23(21)30)26-13-11-20(33-26)14-19-16-25(17-6-2-1-3-7-17)31(27(19)32)24-9-5-4-8-22(24)29/h1-16H/b19-14+. The Balaban J connectivity index is 1.55. The second-order valence-corrected chi connectivity index (χ2v) is 8.64. The third-order valence-electron chi connectivity index (χ3n) is 5.27. The summed E-state index contributed by atoms with van der Waals surface area (Å²) in [6.07, 6.45) is 3.57. The molecular formula is C27H16Cl3NO2. The molecule has 1 aromatic heterocycles. The van der Waals surface area contributed by atoms with Gasteiger partial charge in [-0.3, -0.25) is 9.69 Å². The van der Waals surface area contributed by atoms with Crippen LogP contribution in [0.25, 0.3) is 23.1 Å². The minimum Gasteiger partial charge on any atom is -0.457 e. The van der Waals surface area contributed by atoms with Gasteiger partial charge in [0, 0.05) is 11.1 Å². The number of rotatable bonds is 4. The molecule has 0 N–H and O–H groups in total. The highest BCUT2D eigenvalue weighted by Crippen LogP contribution is 2.39. The Morgan fingerprint density at radius 3 is 2.24 bits per heavy atom. The number of anilines is 1. The Labute approximate surface area is 206 Å². The molecule has 0 spiro atoms. The molecule has 6 heteroatoms. The maximum atomic E-state index is 13.5. The van der Waals surface area contributed by atoms with Crippen LogP contribution >= 0.6 is 34.8 Å². The van der Waals surface area contributed by atoms with E-state index < -0.39 is 0 Å². The molecule has 0 bridgehead atoms. The molecule has 0 atom stereocenters. The van der Waals surface area contributed by atoms with Crippen LogP contribution in [-0.4, -0.2) is 5.91 Å². The lowest BCUT2D eigenvalue weighted by Crippen LogP contribution is -2.25. The molecular weight excluding hydrogens is 477 g/mol. The normalized spacial score (nSPS) is 14.8. The molecule has 2 heterocycles. The van der Waals surface area contributed by atoms with Crippen LogP contribution < -0.4 is 4.90 Å². The minimum absolute atomic E-state index is 0.186. The summed E-state index contributed by atoms with van der Waals surface area (Å²) in [4.78, 5) is 15.1. The summed E-state index contributed by atoms with van der Waals surface area (Å²) in [5, 5.41) is 1.42. The first kappa shape index (κ1) is 21.6. The van der Waals surface area contributed by atoms with Gasteiger partial charge in [0.05, 0.1) is 26.5 Å². The van der Waals surface area contributed by atoms with Crippen LogP contribution in [0.3, 0.4) is 0 Å². The molecule has 0 radical (unpaired) electrons. The van der Waals surface area contributed by atoms with Crippen molar-refractivity contribution < 1.29 is 9.21 Å². The second kappa shape index (κ2) is 8.95. The number of hydrogen-bond donors (Lipinski definition) is 0. The first-order chi connectivity index (χ1) is 16.0. The van der Waals surface area contributed by atoms with Crippen molar-refractivity contribution in [3.63, 3.8) is 0 Å². The van der Waals surface area contributed by atoms with E-state index in [1.165, 1.54) is 0 Å². The monoisotopic (exact) mass is 491 g/mol. The van der Waals surface area contributed by atoms with Crippen molar-refractivity contribution in [2.45, 2.75) is 0 Å². The van der Waals surface area contributed by atoms with Crippen LogP contribution in [0.4, 0.5) is 5.69 Å². The molecule has 3 nitrogen and oxygen atoms in total. The quantitative estimate of drug-likeness (QED) is 0.268. The molecule has 4 aromatic rings. The lowest BCUT2D eigenvalue weighted by atomic mass is 10.1. The third-order valence-corrected chi connectivity index (χ3v) is 6.33. The Bertz CT molecular complexity index is 1420. The largest absolute Gasteiger partial charge is 0.457 e. The number of hydrogen-bond acceptors (Lipinski definition) is 2. The summed E-state index contributed by atoms with van der Waals surface area (Å²) in [7, 11) is 0. The van der Waals surface area contributed by atoms with Crippen molar-refractivity contribution in [2.24, 2.45) is 0 Å². The van der Waals surface area contributed by atoms with Gasteiger partial charge in [0.25, 0.3) is 5.91 Å². The Hall–Kier alpha value is -3.24. The van der Waals surface area contributed by atoms with E-state index in [1.54, 1.807) is 29.2 Å². The molecule has 1 amide bonds. The average molecular weight is 493 g/mol. The molecule has 3 aromatic carbocycles. The van der Waals surface area contributed by atoms with Crippen molar-refractivity contribution in [1.29, 1.82) is 0 Å². The van der Waals surface area contributed by atoms with Gasteiger partial charge in [-0.15, -0.1) is 0 Å². The van der Waals surface area contributed by atoms with Gasteiger partial charge in [-0.2, -0.15) is 0 Å². The molecule has 0 fully saturated rings. The second-order valence-electron chi connectivity index (χ2n) is 7.42. The van der Waals surface area contributed by atoms with Gasteiger partial charge in [-0.05, 0) is 60.2 Å². The predicted octanol–water partition coefficient (Wildman–Crippen LogP) is 8.38. The fourth-order valence-electron chi connectivity index (χ4n) is 3.70. The van der Waals surface area contributed by atoms with Gasteiger partial charge in [-0.25, -0.2) is 0 Å². The molecule has 162 valence electrons. The lowest BCUT2D eigenvalue weighted by molar-refractivity contribution is -0.113. The Morgan fingerprint density at radius 1 is 0.727 bits per heavy atom. The maximum absolute atomic E-state index is 13.5. The summed E-state index contributed by atoms with van der Waals surface area (Å²) in [6.45, 7) is 0. The van der Waals surface area contributed by atoms with Crippen LogP contribution in [0.15, 0.2) is 101 Å². The molecule has 33 heavy (non-hydrogen) atoms. The number of para-hydroxylation sites is 1. The van der Waals surface area contributed by atoms with Crippen LogP contribution in [0.1, 0.15) is 11.3 Å². The smallest absolute Gasteiger partial charge is 0.263 e. The minimum atomic E-state index is -0.186. The molecule has 0 aliphatic carbocycles. The summed E-state index contributed by atoms with van der Waals surface area (Å²) in [6, 6.07) is 25.9. The summed E-state index contributed by atoms with van der Waals surface area (Å²) >= 11 is 18.6. The van der Waals surface area contributed by atoms with E-state index in [-0.39, 0.29) is 5.91 Å². The van der Waals surface area contributed by atoms with Crippen molar-refractivity contribution in [3.05, 3.63) is 123 Å². The molecule has 1 aliphatic heterocycles. The number of benzene rings is 3. The van der Waals surface area contributed by atoms with Crippen LogP contribution in [-0.2, 0) is 4.79 Å². The number of carbonyl (C=O) groups is 1. The summed E-state index contributed by atoms with van der Waals surface area (Å²) in [5.74, 6) is 0.986. The van der Waals surface area contributed by atoms with Gasteiger partial charge >= 0.3 is 0 Å². The van der Waals surface area contributed by atoms with Gasteiger partial charge in [0.1, 0.15) is 11.5 Å². The fraction of sp³-hybridized carbons (Fsp3) is 0. The number of furan rings is 1. The fourth-order valence-corrected chi connectivity index (χ4v) is 4.22. The molecule has 1 aliphatic rings. The Morgan fingerprint density at radius 2 is 1.48 bits per heavy atom. The van der Waals surface area contributed by atoms with E-state index in [1.807, 2.05) is 72.8 Å². The van der Waals surface area contributed by atoms with Gasteiger partial charge in [-0.1, -0.05) is 77.3 Å². The average Bonchev–Trinajstić information content (AvgIpc) is 3.42. The zero-order chi connectivity index (χ0) is 22.9. The van der Waals surface area contributed by atoms with E-state index >= 15 is 0 Å². The predicted molar refractivity (Wildman–Crippen MR) is 135 cm³/mol. The van der Waals surface area contributed by atoms with Gasteiger partial charge in [0.15, 0.2) is 0 Å². The van der Waals surface area contributed by atoms with Crippen molar-refractivity contribution in [3.8, 4) is 11.3 Å². The number of carbonyl (C=O) groups excluding carboxylic acids is 1. The van der Waals surface area contributed by atoms with E-state index in [0.29, 0.717) is 37.8 Å². The van der Waals surface area contributed by atoms with E-state index in [4.69, 9.17) is 39.2 Å². The Kier molecular flexibility index (Phi) is 5.86. The zero-order valence-electron chi connectivity index (χ0n) is 17.1. The molecule has 0 saturated carbocycles. The highest BCUT2D eigenvalue weighted by Gasteiger charge is 2.31. The van der Waals surface area contributed by atoms with E-state index in [9.17, 15) is 4.79 Å². The number of halogens is 3. The van der Waals surface area contributed by atoms with Gasteiger partial charge in [0.2, 0.25) is 0 Å². The van der Waals surface area contributed by atoms with Crippen LogP contribution in [0, 0.1) is 0 Å². The summed E-state index contributed by atoms with van der Waals surface area (Å²) in [5.41, 5.74) is 3.56. The third kappa shape index (κ3) is 4.23. The highest BCUT2D eigenvalue weighted by molar-refractivity contribution is 6.42. The topological polar surface area (TPSA) is 33.5 Å². The molecule has 5 rings (SSSR count). The first-order valence-corrected chi connectivity index (χ1v) is 11.3. The zero-order valence-corrected chi connectivity index (χ0v) is 19.4. The molecule has 0 unspecified atom stereocenters. The van der Waals surface area contributed by atoms with Crippen molar-refractivity contribution in [2.75, 3.05) is 4.90 Å². The number of nitrogens with zero attached hydrogens (tertiary/aromatic N) is 1. The lowest BCUT2D eigenvalue weighted by Gasteiger charge is -2.21. The number of amides is 1. The summed E-state index contributed by atoms with van der Waals surface area (Å²) < 4.78 is 5.98. The van der Waals surface area contributed by atoms with Crippen molar-refractivity contribution in [1.82, 2.24) is 0 Å². The SMILES string of the molecule is O=C1/C(=C/c2ccc(-c3ccc(Cl)c(Cl)c3)o2)C=C(c2ccccc2)N1c1ccccc1Cl. The van der Waals surface area contributed by atoms with Crippen molar-refractivity contribution >= 4 is 58.2 Å². The maximum Gasteiger partial charge on any atom is 0.263 e. The van der Waals surface area contributed by atoms with Crippen LogP contribution in [0.2, 0.25) is 15.1 Å². The highest BCUT2D eigenvalue weighted by atomic mass is 35.5. The van der Waals surface area contributed by atoms with E-state index in [0.717, 1.165) is 16.8 Å². The molecule has 0 saturated heterocycles.